The summed E-state index contributed by atoms with van der Waals surface area (Å²) in [5, 5.41) is 0. The average Bonchev–Trinajstić information content (AvgIpc) is 3.35. The highest BCUT2D eigenvalue weighted by Crippen LogP contribution is 2.16. The van der Waals surface area contributed by atoms with Crippen molar-refractivity contribution in [3.8, 4) is 0 Å². The largest absolute Gasteiger partial charge is 0.462 e. The van der Waals surface area contributed by atoms with Crippen LogP contribution in [0.15, 0.2) is 85.1 Å². The van der Waals surface area contributed by atoms with Crippen molar-refractivity contribution in [2.45, 2.75) is 284 Å². The second-order valence-electron chi connectivity index (χ2n) is 19.3. The maximum Gasteiger partial charge on any atom is 0.306 e. The molecule has 0 saturated carbocycles. The lowest BCUT2D eigenvalue weighted by Gasteiger charge is -2.18. The molecule has 6 nitrogen and oxygen atoms in total. The number of hydrogen-bond acceptors (Lipinski definition) is 6. The normalized spacial score (nSPS) is 12.7. The predicted octanol–water partition coefficient (Wildman–Crippen LogP) is 19.5. The van der Waals surface area contributed by atoms with Crippen molar-refractivity contribution in [3.05, 3.63) is 85.1 Å². The number of carbonyl (C=O) groups is 3. The molecule has 0 heterocycles. The van der Waals surface area contributed by atoms with Gasteiger partial charge in [0.1, 0.15) is 13.2 Å². The molecule has 0 aromatic carbocycles. The third kappa shape index (κ3) is 55.4. The second-order valence-corrected chi connectivity index (χ2v) is 19.3. The molecule has 0 aliphatic rings. The first-order chi connectivity index (χ1) is 34.0. The van der Waals surface area contributed by atoms with E-state index in [1.54, 1.807) is 0 Å². The van der Waals surface area contributed by atoms with Gasteiger partial charge in [-0.2, -0.15) is 0 Å². The van der Waals surface area contributed by atoms with Crippen LogP contribution in [0, 0.1) is 0 Å². The lowest BCUT2D eigenvalue weighted by Crippen LogP contribution is -2.30. The molecule has 1 atom stereocenters. The molecule has 0 aromatic rings. The minimum Gasteiger partial charge on any atom is -0.462 e. The molecule has 0 fully saturated rings. The van der Waals surface area contributed by atoms with Gasteiger partial charge in [0.25, 0.3) is 0 Å². The van der Waals surface area contributed by atoms with E-state index in [1.165, 1.54) is 154 Å². The zero-order valence-corrected chi connectivity index (χ0v) is 45.3. The highest BCUT2D eigenvalue weighted by atomic mass is 16.6. The van der Waals surface area contributed by atoms with Crippen LogP contribution in [0.1, 0.15) is 278 Å². The van der Waals surface area contributed by atoms with Gasteiger partial charge in [-0.25, -0.2) is 0 Å². The van der Waals surface area contributed by atoms with Gasteiger partial charge in [0.2, 0.25) is 0 Å². The lowest BCUT2D eigenvalue weighted by molar-refractivity contribution is -0.167. The topological polar surface area (TPSA) is 78.9 Å². The molecule has 0 bridgehead atoms. The number of hydrogen-bond donors (Lipinski definition) is 0. The maximum absolute atomic E-state index is 12.9. The second kappa shape index (κ2) is 57.2. The molecule has 1 unspecified atom stereocenters. The SMILES string of the molecule is CC/C=C/C=C/C=C/CCCCCCCC(=O)OCC(COC(=O)CCCCCCCCCCCC/C=C/C=C/CCCCC)OC(=O)CCCCCCCCCCCC/C=C/C=C/CCCCC. The van der Waals surface area contributed by atoms with Crippen LogP contribution in [0.25, 0.3) is 0 Å². The molecule has 0 N–H and O–H groups in total. The molecule has 0 radical (unpaired) electrons. The third-order valence-electron chi connectivity index (χ3n) is 12.5. The molecule has 0 aliphatic heterocycles. The van der Waals surface area contributed by atoms with Crippen LogP contribution in [0.3, 0.4) is 0 Å². The van der Waals surface area contributed by atoms with Crippen molar-refractivity contribution in [1.82, 2.24) is 0 Å². The van der Waals surface area contributed by atoms with E-state index in [-0.39, 0.29) is 31.1 Å². The van der Waals surface area contributed by atoms with E-state index in [1.807, 2.05) is 0 Å². The van der Waals surface area contributed by atoms with Crippen LogP contribution in [-0.4, -0.2) is 37.2 Å². The Balaban J connectivity index is 4.38. The third-order valence-corrected chi connectivity index (χ3v) is 12.5. The van der Waals surface area contributed by atoms with Gasteiger partial charge in [0.05, 0.1) is 0 Å². The van der Waals surface area contributed by atoms with E-state index in [9.17, 15) is 14.4 Å². The Hall–Kier alpha value is -3.41. The van der Waals surface area contributed by atoms with Crippen LogP contribution in [0.4, 0.5) is 0 Å². The van der Waals surface area contributed by atoms with E-state index in [0.717, 1.165) is 83.5 Å². The lowest BCUT2D eigenvalue weighted by atomic mass is 10.1. The van der Waals surface area contributed by atoms with Crippen molar-refractivity contribution in [2.24, 2.45) is 0 Å². The number of rotatable bonds is 52. The van der Waals surface area contributed by atoms with Gasteiger partial charge in [-0.3, -0.25) is 14.4 Å². The summed E-state index contributed by atoms with van der Waals surface area (Å²) in [4.78, 5) is 38.2. The summed E-state index contributed by atoms with van der Waals surface area (Å²) < 4.78 is 16.9. The monoisotopic (exact) mass is 961 g/mol. The Morgan fingerprint density at radius 2 is 0.565 bits per heavy atom. The van der Waals surface area contributed by atoms with Crippen LogP contribution in [0.5, 0.6) is 0 Å². The average molecular weight is 962 g/mol. The smallest absolute Gasteiger partial charge is 0.306 e. The van der Waals surface area contributed by atoms with Gasteiger partial charge in [-0.05, 0) is 89.9 Å². The molecule has 6 heteroatoms. The van der Waals surface area contributed by atoms with Crippen molar-refractivity contribution in [3.63, 3.8) is 0 Å². The predicted molar refractivity (Wildman–Crippen MR) is 297 cm³/mol. The zero-order valence-electron chi connectivity index (χ0n) is 45.3. The number of allylic oxidation sites excluding steroid dienone is 14. The molecule has 69 heavy (non-hydrogen) atoms. The van der Waals surface area contributed by atoms with Crippen LogP contribution >= 0.6 is 0 Å². The molecule has 0 amide bonds. The minimum absolute atomic E-state index is 0.0861. The minimum atomic E-state index is -0.789. The maximum atomic E-state index is 12.9. The summed E-state index contributed by atoms with van der Waals surface area (Å²) >= 11 is 0. The van der Waals surface area contributed by atoms with Crippen LogP contribution in [0.2, 0.25) is 0 Å². The van der Waals surface area contributed by atoms with Gasteiger partial charge in [0.15, 0.2) is 6.10 Å². The molecular weight excluding hydrogens is 853 g/mol. The van der Waals surface area contributed by atoms with Crippen LogP contribution in [-0.2, 0) is 28.6 Å². The Kier molecular flexibility index (Phi) is 54.3. The van der Waals surface area contributed by atoms with Crippen molar-refractivity contribution < 1.29 is 28.6 Å². The number of ether oxygens (including phenoxy) is 3. The van der Waals surface area contributed by atoms with Gasteiger partial charge in [-0.1, -0.05) is 254 Å². The van der Waals surface area contributed by atoms with Crippen molar-refractivity contribution in [2.75, 3.05) is 13.2 Å². The standard InChI is InChI=1S/C63H108O6/c1-4-7-10-13-16-19-22-25-27-29-31-33-35-38-41-44-47-50-53-56-62(65)68-59-60(58-67-61(64)55-52-49-46-43-40-37-24-21-18-15-12-9-6-3)69-63(66)57-54-51-48-45-42-39-36-34-32-30-28-26-23-20-17-14-11-8-5-2/h9,12,15-26,60H,4-8,10-11,13-14,27-59H2,1-3H3/b12-9+,18-15+,19-16+,20-17+,24-21+,25-22+,26-23+. The fourth-order valence-electron chi connectivity index (χ4n) is 8.07. The number of carbonyl (C=O) groups excluding carboxylic acids is 3. The van der Waals surface area contributed by atoms with Crippen molar-refractivity contribution in [1.29, 1.82) is 0 Å². The van der Waals surface area contributed by atoms with E-state index in [0.29, 0.717) is 19.3 Å². The molecule has 0 spiro atoms. The molecule has 396 valence electrons. The van der Waals surface area contributed by atoms with Crippen LogP contribution < -0.4 is 0 Å². The molecule has 0 aliphatic carbocycles. The van der Waals surface area contributed by atoms with Gasteiger partial charge >= 0.3 is 17.9 Å². The Morgan fingerprint density at radius 3 is 0.884 bits per heavy atom. The van der Waals surface area contributed by atoms with E-state index >= 15 is 0 Å². The summed E-state index contributed by atoms with van der Waals surface area (Å²) in [7, 11) is 0. The van der Waals surface area contributed by atoms with E-state index in [2.05, 4.69) is 106 Å². The molecule has 0 rings (SSSR count). The molecule has 0 aromatic heterocycles. The fraction of sp³-hybridized carbons (Fsp3) is 0.730. The number of unbranched alkanes of at least 4 members (excludes halogenated alkanes) is 31. The van der Waals surface area contributed by atoms with Gasteiger partial charge in [-0.15, -0.1) is 0 Å². The quantitative estimate of drug-likeness (QED) is 0.0262. The van der Waals surface area contributed by atoms with Gasteiger partial charge in [0, 0.05) is 19.3 Å². The summed E-state index contributed by atoms with van der Waals surface area (Å²) in [5.74, 6) is -0.908. The highest BCUT2D eigenvalue weighted by molar-refractivity contribution is 5.71. The summed E-state index contributed by atoms with van der Waals surface area (Å²) in [6.07, 6.45) is 74.3. The fourth-order valence-corrected chi connectivity index (χ4v) is 8.07. The van der Waals surface area contributed by atoms with Crippen molar-refractivity contribution >= 4 is 17.9 Å². The van der Waals surface area contributed by atoms with E-state index < -0.39 is 6.10 Å². The first-order valence-corrected chi connectivity index (χ1v) is 29.2. The number of esters is 3. The Bertz CT molecular complexity index is 1330. The first-order valence-electron chi connectivity index (χ1n) is 29.2. The molecular formula is C63H108O6. The highest BCUT2D eigenvalue weighted by Gasteiger charge is 2.19. The summed E-state index contributed by atoms with van der Waals surface area (Å²) in [6, 6.07) is 0. The zero-order chi connectivity index (χ0) is 50.0. The first kappa shape index (κ1) is 65.6. The molecule has 0 saturated heterocycles. The Morgan fingerprint density at radius 1 is 0.304 bits per heavy atom. The summed E-state index contributed by atoms with van der Waals surface area (Å²) in [6.45, 7) is 6.45. The summed E-state index contributed by atoms with van der Waals surface area (Å²) in [5.41, 5.74) is 0. The van der Waals surface area contributed by atoms with E-state index in [4.69, 9.17) is 14.2 Å². The Labute approximate surface area is 426 Å². The van der Waals surface area contributed by atoms with Gasteiger partial charge < -0.3 is 14.2 Å².